The van der Waals surface area contributed by atoms with Crippen molar-refractivity contribution in [1.82, 2.24) is 14.5 Å². The molecule has 0 amide bonds. The molecule has 0 bridgehead atoms. The topological polar surface area (TPSA) is 51.0 Å². The molecule has 4 rings (SSSR count). The quantitative estimate of drug-likeness (QED) is 0.745. The van der Waals surface area contributed by atoms with Crippen LogP contribution in [0.4, 0.5) is 5.95 Å². The maximum absolute atomic E-state index is 12.4. The number of pyridine rings is 1. The fourth-order valence-corrected chi connectivity index (χ4v) is 2.86. The van der Waals surface area contributed by atoms with Crippen molar-refractivity contribution in [2.24, 2.45) is 0 Å². The molecule has 1 aliphatic heterocycles. The molecular weight excluding hydrogens is 288 g/mol. The smallest absolute Gasteiger partial charge is 0.255 e. The summed E-state index contributed by atoms with van der Waals surface area (Å²) in [5.41, 5.74) is 2.64. The minimum absolute atomic E-state index is 0.00243. The third-order valence-electron chi connectivity index (χ3n) is 4.01. The van der Waals surface area contributed by atoms with Crippen molar-refractivity contribution in [1.29, 1.82) is 0 Å². The molecule has 0 N–H and O–H groups in total. The minimum atomic E-state index is -0.00243. The van der Waals surface area contributed by atoms with Gasteiger partial charge in [0.15, 0.2) is 0 Å². The summed E-state index contributed by atoms with van der Waals surface area (Å²) < 4.78 is 1.73. The molecule has 1 aliphatic rings. The third kappa shape index (κ3) is 2.61. The molecule has 0 saturated heterocycles. The highest BCUT2D eigenvalue weighted by atomic mass is 16.1. The standard InChI is InChI=1S/C18H16N4O/c23-17-12-16(14-6-2-1-3-7-14)20-18-21(10-11-22(17)18)13-15-8-4-5-9-19-15/h1-9,12H,10-11,13H2. The zero-order valence-corrected chi connectivity index (χ0v) is 12.6. The molecule has 0 saturated carbocycles. The lowest BCUT2D eigenvalue weighted by Crippen LogP contribution is -2.23. The van der Waals surface area contributed by atoms with Crippen molar-refractivity contribution in [3.8, 4) is 11.3 Å². The molecular formula is C18H16N4O. The molecule has 5 heteroatoms. The van der Waals surface area contributed by atoms with Crippen molar-refractivity contribution in [3.05, 3.63) is 76.8 Å². The third-order valence-corrected chi connectivity index (χ3v) is 4.01. The van der Waals surface area contributed by atoms with Crippen LogP contribution in [-0.4, -0.2) is 21.1 Å². The largest absolute Gasteiger partial charge is 0.334 e. The average molecular weight is 304 g/mol. The van der Waals surface area contributed by atoms with Crippen molar-refractivity contribution < 1.29 is 0 Å². The number of benzene rings is 1. The summed E-state index contributed by atoms with van der Waals surface area (Å²) >= 11 is 0. The lowest BCUT2D eigenvalue weighted by atomic mass is 10.1. The van der Waals surface area contributed by atoms with Gasteiger partial charge in [0.2, 0.25) is 5.95 Å². The first-order valence-electron chi connectivity index (χ1n) is 7.63. The van der Waals surface area contributed by atoms with E-state index in [0.29, 0.717) is 13.1 Å². The molecule has 114 valence electrons. The number of hydrogen-bond donors (Lipinski definition) is 0. The van der Waals surface area contributed by atoms with E-state index in [1.165, 1.54) is 0 Å². The Morgan fingerprint density at radius 1 is 1.00 bits per heavy atom. The van der Waals surface area contributed by atoms with Crippen LogP contribution in [0.25, 0.3) is 11.3 Å². The summed E-state index contributed by atoms with van der Waals surface area (Å²) in [5, 5.41) is 0. The molecule has 0 radical (unpaired) electrons. The Morgan fingerprint density at radius 2 is 1.83 bits per heavy atom. The first-order valence-corrected chi connectivity index (χ1v) is 7.63. The van der Waals surface area contributed by atoms with Gasteiger partial charge in [0.1, 0.15) is 0 Å². The Labute approximate surface area is 133 Å². The summed E-state index contributed by atoms with van der Waals surface area (Å²) in [5.74, 6) is 0.724. The van der Waals surface area contributed by atoms with Gasteiger partial charge >= 0.3 is 0 Å². The van der Waals surface area contributed by atoms with E-state index in [2.05, 4.69) is 9.88 Å². The van der Waals surface area contributed by atoms with Gasteiger partial charge in [-0.25, -0.2) is 4.98 Å². The van der Waals surface area contributed by atoms with Gasteiger partial charge in [0, 0.05) is 30.9 Å². The van der Waals surface area contributed by atoms with Gasteiger partial charge in [0.05, 0.1) is 17.9 Å². The molecule has 0 atom stereocenters. The molecule has 3 heterocycles. The normalized spacial score (nSPS) is 13.1. The van der Waals surface area contributed by atoms with Gasteiger partial charge in [-0.05, 0) is 12.1 Å². The predicted molar refractivity (Wildman–Crippen MR) is 89.2 cm³/mol. The van der Waals surface area contributed by atoms with E-state index in [1.807, 2.05) is 48.5 Å². The fourth-order valence-electron chi connectivity index (χ4n) is 2.86. The maximum atomic E-state index is 12.4. The van der Waals surface area contributed by atoms with Gasteiger partial charge in [-0.3, -0.25) is 14.3 Å². The zero-order chi connectivity index (χ0) is 15.6. The zero-order valence-electron chi connectivity index (χ0n) is 12.6. The highest BCUT2D eigenvalue weighted by Gasteiger charge is 2.23. The predicted octanol–water partition coefficient (Wildman–Crippen LogP) is 2.33. The number of rotatable bonds is 3. The van der Waals surface area contributed by atoms with Crippen LogP contribution in [0, 0.1) is 0 Å². The van der Waals surface area contributed by atoms with Crippen LogP contribution in [0.1, 0.15) is 5.69 Å². The summed E-state index contributed by atoms with van der Waals surface area (Å²) in [6.07, 6.45) is 1.78. The first kappa shape index (κ1) is 13.7. The number of nitrogens with zero attached hydrogens (tertiary/aromatic N) is 4. The summed E-state index contributed by atoms with van der Waals surface area (Å²) in [6.45, 7) is 2.10. The molecule has 3 aromatic rings. The molecule has 2 aromatic heterocycles. The molecule has 23 heavy (non-hydrogen) atoms. The lowest BCUT2D eigenvalue weighted by molar-refractivity contribution is 0.745. The van der Waals surface area contributed by atoms with Gasteiger partial charge in [-0.15, -0.1) is 0 Å². The minimum Gasteiger partial charge on any atom is -0.334 e. The molecule has 0 aliphatic carbocycles. The van der Waals surface area contributed by atoms with E-state index in [9.17, 15) is 4.79 Å². The first-order chi connectivity index (χ1) is 11.3. The van der Waals surface area contributed by atoms with Gasteiger partial charge in [-0.2, -0.15) is 0 Å². The van der Waals surface area contributed by atoms with Gasteiger partial charge < -0.3 is 4.90 Å². The van der Waals surface area contributed by atoms with Crippen molar-refractivity contribution in [3.63, 3.8) is 0 Å². The van der Waals surface area contributed by atoms with E-state index in [4.69, 9.17) is 4.98 Å². The highest BCUT2D eigenvalue weighted by Crippen LogP contribution is 2.23. The van der Waals surface area contributed by atoms with Gasteiger partial charge in [-0.1, -0.05) is 36.4 Å². The van der Waals surface area contributed by atoms with E-state index < -0.39 is 0 Å². The number of aromatic nitrogens is 3. The fraction of sp³-hybridized carbons (Fsp3) is 0.167. The van der Waals surface area contributed by atoms with Crippen LogP contribution in [-0.2, 0) is 13.1 Å². The Hall–Kier alpha value is -2.95. The number of anilines is 1. The second-order valence-electron chi connectivity index (χ2n) is 5.54. The average Bonchev–Trinajstić information content (AvgIpc) is 3.00. The molecule has 0 unspecified atom stereocenters. The summed E-state index contributed by atoms with van der Waals surface area (Å²) in [7, 11) is 0. The highest BCUT2D eigenvalue weighted by molar-refractivity contribution is 5.60. The number of fused-ring (bicyclic) bond motifs is 1. The van der Waals surface area contributed by atoms with Crippen LogP contribution in [0.2, 0.25) is 0 Å². The summed E-state index contributed by atoms with van der Waals surface area (Å²) in [4.78, 5) is 23.6. The molecule has 1 aromatic carbocycles. The van der Waals surface area contributed by atoms with Crippen molar-refractivity contribution >= 4 is 5.95 Å². The number of hydrogen-bond acceptors (Lipinski definition) is 4. The van der Waals surface area contributed by atoms with E-state index in [-0.39, 0.29) is 5.56 Å². The second-order valence-corrected chi connectivity index (χ2v) is 5.54. The van der Waals surface area contributed by atoms with Crippen LogP contribution >= 0.6 is 0 Å². The van der Waals surface area contributed by atoms with E-state index >= 15 is 0 Å². The Kier molecular flexibility index (Phi) is 3.38. The molecule has 0 fully saturated rings. The molecule has 5 nitrogen and oxygen atoms in total. The Morgan fingerprint density at radius 3 is 2.61 bits per heavy atom. The van der Waals surface area contributed by atoms with Gasteiger partial charge in [0.25, 0.3) is 5.56 Å². The van der Waals surface area contributed by atoms with Crippen LogP contribution in [0.15, 0.2) is 65.6 Å². The van der Waals surface area contributed by atoms with Crippen molar-refractivity contribution in [2.75, 3.05) is 11.4 Å². The van der Waals surface area contributed by atoms with Crippen molar-refractivity contribution in [2.45, 2.75) is 13.1 Å². The van der Waals surface area contributed by atoms with Crippen LogP contribution in [0.5, 0.6) is 0 Å². The molecule has 0 spiro atoms. The summed E-state index contributed by atoms with van der Waals surface area (Å²) in [6, 6.07) is 17.3. The van der Waals surface area contributed by atoms with Crippen LogP contribution < -0.4 is 10.5 Å². The lowest BCUT2D eigenvalue weighted by Gasteiger charge is -2.17. The maximum Gasteiger partial charge on any atom is 0.255 e. The Balaban J connectivity index is 1.73. The van der Waals surface area contributed by atoms with E-state index in [1.54, 1.807) is 16.8 Å². The monoisotopic (exact) mass is 304 g/mol. The SMILES string of the molecule is O=c1cc(-c2ccccc2)nc2n1CCN2Cc1ccccn1. The second kappa shape index (κ2) is 5.68. The Bertz CT molecular complexity index is 875. The van der Waals surface area contributed by atoms with Crippen LogP contribution in [0.3, 0.4) is 0 Å². The van der Waals surface area contributed by atoms with E-state index in [0.717, 1.165) is 29.4 Å².